The van der Waals surface area contributed by atoms with Gasteiger partial charge < -0.3 is 20.9 Å². The maximum Gasteiger partial charge on any atom is 0.317 e. The van der Waals surface area contributed by atoms with Gasteiger partial charge in [0.1, 0.15) is 11.9 Å². The Morgan fingerprint density at radius 3 is 2.28 bits per heavy atom. The molecule has 3 N–H and O–H groups in total. The summed E-state index contributed by atoms with van der Waals surface area (Å²) in [5.74, 6) is -0.874. The van der Waals surface area contributed by atoms with E-state index in [4.69, 9.17) is 0 Å². The second-order valence-electron chi connectivity index (χ2n) is 7.76. The van der Waals surface area contributed by atoms with Crippen LogP contribution in [0, 0.1) is 17.7 Å². The molecule has 0 spiro atoms. The molecule has 0 radical (unpaired) electrons. The molecule has 1 aliphatic rings. The highest BCUT2D eigenvalue weighted by Gasteiger charge is 2.34. The van der Waals surface area contributed by atoms with Gasteiger partial charge in [-0.25, -0.2) is 9.18 Å². The van der Waals surface area contributed by atoms with Crippen LogP contribution in [0.4, 0.5) is 9.18 Å². The van der Waals surface area contributed by atoms with Crippen LogP contribution in [0.3, 0.4) is 0 Å². The first kappa shape index (κ1) is 22.6. The summed E-state index contributed by atoms with van der Waals surface area (Å²) >= 11 is 0. The van der Waals surface area contributed by atoms with Gasteiger partial charge in [0.25, 0.3) is 5.91 Å². The largest absolute Gasteiger partial charge is 0.354 e. The topological polar surface area (TPSA) is 90.5 Å². The van der Waals surface area contributed by atoms with Crippen molar-refractivity contribution in [1.29, 1.82) is 0 Å². The van der Waals surface area contributed by atoms with E-state index in [9.17, 15) is 18.8 Å². The molecule has 1 heterocycles. The monoisotopic (exact) mass is 406 g/mol. The van der Waals surface area contributed by atoms with Gasteiger partial charge in [-0.1, -0.05) is 13.8 Å². The van der Waals surface area contributed by atoms with Crippen LogP contribution in [-0.4, -0.2) is 55.0 Å². The van der Waals surface area contributed by atoms with Crippen molar-refractivity contribution < 1.29 is 18.8 Å². The molecule has 1 saturated heterocycles. The van der Waals surface area contributed by atoms with Crippen molar-refractivity contribution in [2.24, 2.45) is 11.8 Å². The molecule has 0 bridgehead atoms. The van der Waals surface area contributed by atoms with E-state index < -0.39 is 17.8 Å². The van der Waals surface area contributed by atoms with Crippen molar-refractivity contribution in [2.75, 3.05) is 26.2 Å². The van der Waals surface area contributed by atoms with Gasteiger partial charge in [0.2, 0.25) is 5.91 Å². The van der Waals surface area contributed by atoms with Crippen LogP contribution < -0.4 is 16.0 Å². The number of amides is 4. The summed E-state index contributed by atoms with van der Waals surface area (Å²) in [5, 5.41) is 8.50. The Labute approximate surface area is 171 Å². The fraction of sp³-hybridized carbons (Fsp3) is 0.571. The molecule has 8 heteroatoms. The smallest absolute Gasteiger partial charge is 0.317 e. The van der Waals surface area contributed by atoms with Crippen molar-refractivity contribution in [2.45, 2.75) is 39.7 Å². The van der Waals surface area contributed by atoms with Gasteiger partial charge in [-0.3, -0.25) is 9.59 Å². The lowest BCUT2D eigenvalue weighted by Gasteiger charge is -2.35. The minimum atomic E-state index is -0.706. The molecule has 7 nitrogen and oxygen atoms in total. The summed E-state index contributed by atoms with van der Waals surface area (Å²) in [5.41, 5.74) is 0.299. The number of carbonyl (C=O) groups is 3. The Bertz CT molecular complexity index is 700. The van der Waals surface area contributed by atoms with Crippen LogP contribution in [0.1, 0.15) is 44.0 Å². The number of halogens is 1. The first-order valence-corrected chi connectivity index (χ1v) is 10.2. The number of rotatable bonds is 7. The summed E-state index contributed by atoms with van der Waals surface area (Å²) in [7, 11) is 0. The van der Waals surface area contributed by atoms with Gasteiger partial charge in [-0.2, -0.15) is 0 Å². The Morgan fingerprint density at radius 1 is 1.10 bits per heavy atom. The predicted octanol–water partition coefficient (Wildman–Crippen LogP) is 2.14. The predicted molar refractivity (Wildman–Crippen MR) is 109 cm³/mol. The molecule has 1 atom stereocenters. The van der Waals surface area contributed by atoms with Gasteiger partial charge in [0.05, 0.1) is 0 Å². The number of carbonyl (C=O) groups excluding carboxylic acids is 3. The fourth-order valence-electron chi connectivity index (χ4n) is 3.34. The van der Waals surface area contributed by atoms with Crippen molar-refractivity contribution >= 4 is 17.8 Å². The number of urea groups is 1. The minimum Gasteiger partial charge on any atom is -0.354 e. The summed E-state index contributed by atoms with van der Waals surface area (Å²) in [6.45, 7) is 7.99. The van der Waals surface area contributed by atoms with E-state index in [1.54, 1.807) is 4.90 Å². The number of hydrogen-bond acceptors (Lipinski definition) is 3. The highest BCUT2D eigenvalue weighted by Crippen LogP contribution is 2.22. The Kier molecular flexibility index (Phi) is 8.42. The first-order valence-electron chi connectivity index (χ1n) is 10.2. The van der Waals surface area contributed by atoms with Gasteiger partial charge in [0, 0.05) is 31.7 Å². The molecule has 1 aromatic rings. The number of hydrogen-bond donors (Lipinski definition) is 3. The van der Waals surface area contributed by atoms with Crippen molar-refractivity contribution in [3.63, 3.8) is 0 Å². The van der Waals surface area contributed by atoms with Crippen LogP contribution in [0.2, 0.25) is 0 Å². The zero-order valence-corrected chi connectivity index (χ0v) is 17.3. The number of benzene rings is 1. The molecule has 0 aromatic heterocycles. The molecule has 1 aliphatic heterocycles. The third-order valence-corrected chi connectivity index (χ3v) is 4.99. The van der Waals surface area contributed by atoms with Crippen molar-refractivity contribution in [3.8, 4) is 0 Å². The Balaban J connectivity index is 2.07. The highest BCUT2D eigenvalue weighted by atomic mass is 19.1. The van der Waals surface area contributed by atoms with E-state index in [-0.39, 0.29) is 23.8 Å². The molecule has 2 rings (SSSR count). The second-order valence-corrected chi connectivity index (χ2v) is 7.76. The first-order chi connectivity index (χ1) is 13.8. The van der Waals surface area contributed by atoms with Crippen LogP contribution in [0.25, 0.3) is 0 Å². The van der Waals surface area contributed by atoms with Crippen molar-refractivity contribution in [3.05, 3.63) is 35.6 Å². The average molecular weight is 407 g/mol. The van der Waals surface area contributed by atoms with Crippen molar-refractivity contribution in [1.82, 2.24) is 20.9 Å². The summed E-state index contributed by atoms with van der Waals surface area (Å²) < 4.78 is 13.1. The van der Waals surface area contributed by atoms with Gasteiger partial charge in [-0.15, -0.1) is 0 Å². The zero-order chi connectivity index (χ0) is 21.4. The van der Waals surface area contributed by atoms with Crippen LogP contribution in [0.5, 0.6) is 0 Å². The van der Waals surface area contributed by atoms with E-state index >= 15 is 0 Å². The van der Waals surface area contributed by atoms with E-state index in [1.807, 2.05) is 20.8 Å². The normalized spacial score (nSPS) is 15.7. The summed E-state index contributed by atoms with van der Waals surface area (Å²) in [4.78, 5) is 39.2. The summed E-state index contributed by atoms with van der Waals surface area (Å²) in [6, 6.07) is 4.41. The minimum absolute atomic E-state index is 0.0859. The molecule has 0 unspecified atom stereocenters. The molecule has 160 valence electrons. The third kappa shape index (κ3) is 6.73. The van der Waals surface area contributed by atoms with E-state index in [0.717, 1.165) is 0 Å². The lowest BCUT2D eigenvalue weighted by molar-refractivity contribution is -0.124. The molecule has 4 amide bonds. The lowest BCUT2D eigenvalue weighted by Crippen LogP contribution is -2.54. The second kappa shape index (κ2) is 10.8. The summed E-state index contributed by atoms with van der Waals surface area (Å²) in [6.07, 6.45) is 1.22. The van der Waals surface area contributed by atoms with E-state index in [2.05, 4.69) is 16.0 Å². The number of piperidine rings is 1. The van der Waals surface area contributed by atoms with Gasteiger partial charge in [-0.05, 0) is 55.9 Å². The third-order valence-electron chi connectivity index (χ3n) is 4.99. The maximum atomic E-state index is 13.1. The molecule has 0 saturated carbocycles. The zero-order valence-electron chi connectivity index (χ0n) is 17.3. The Morgan fingerprint density at radius 2 is 1.72 bits per heavy atom. The number of likely N-dealkylation sites (tertiary alicyclic amines) is 1. The van der Waals surface area contributed by atoms with Crippen LogP contribution in [-0.2, 0) is 4.79 Å². The number of nitrogens with zero attached hydrogens (tertiary/aromatic N) is 1. The molecule has 1 fully saturated rings. The average Bonchev–Trinajstić information content (AvgIpc) is 2.71. The van der Waals surface area contributed by atoms with Crippen LogP contribution >= 0.6 is 0 Å². The van der Waals surface area contributed by atoms with Gasteiger partial charge >= 0.3 is 6.03 Å². The molecule has 0 aliphatic carbocycles. The molecular weight excluding hydrogens is 375 g/mol. The quantitative estimate of drug-likeness (QED) is 0.648. The maximum absolute atomic E-state index is 13.1. The van der Waals surface area contributed by atoms with Crippen LogP contribution in [0.15, 0.2) is 24.3 Å². The lowest BCUT2D eigenvalue weighted by atomic mass is 9.88. The SMILES string of the molecule is CCNC(=O)N1CCC([C@H](NC(=O)c2ccc(F)cc2)C(=O)NCC(C)C)CC1. The standard InChI is InChI=1S/C21H31FN4O3/c1-4-23-21(29)26-11-9-15(10-12-26)18(20(28)24-13-14(2)3)25-19(27)16-5-7-17(22)8-6-16/h5-8,14-15,18H,4,9-13H2,1-3H3,(H,23,29)(H,24,28)(H,25,27)/t18-/m0/s1. The van der Waals surface area contributed by atoms with Gasteiger partial charge in [0.15, 0.2) is 0 Å². The molecular formula is C21H31FN4O3. The number of nitrogens with one attached hydrogen (secondary N) is 3. The molecule has 1 aromatic carbocycles. The fourth-order valence-corrected chi connectivity index (χ4v) is 3.34. The Hall–Kier alpha value is -2.64. The van der Waals surface area contributed by atoms with E-state index in [0.29, 0.717) is 44.6 Å². The molecule has 29 heavy (non-hydrogen) atoms. The highest BCUT2D eigenvalue weighted by molar-refractivity contribution is 5.97. The van der Waals surface area contributed by atoms with E-state index in [1.165, 1.54) is 24.3 Å².